The summed E-state index contributed by atoms with van der Waals surface area (Å²) in [7, 11) is 0. The number of hydrazone groups is 1. The number of carbonyl (C=O) groups is 1. The second kappa shape index (κ2) is 8.95. The number of piperidine rings is 1. The number of amides is 1. The summed E-state index contributed by atoms with van der Waals surface area (Å²) in [6.07, 6.45) is 5.02. The molecule has 2 aromatic rings. The maximum atomic E-state index is 13.0. The van der Waals surface area contributed by atoms with E-state index in [0.717, 1.165) is 31.1 Å². The van der Waals surface area contributed by atoms with Crippen molar-refractivity contribution in [2.24, 2.45) is 5.10 Å². The lowest BCUT2D eigenvalue weighted by molar-refractivity contribution is -0.123. The highest BCUT2D eigenvalue weighted by atomic mass is 35.5. The minimum absolute atomic E-state index is 0.268. The highest BCUT2D eigenvalue weighted by molar-refractivity contribution is 7.17. The average molecular weight is 397 g/mol. The summed E-state index contributed by atoms with van der Waals surface area (Å²) < 4.78 is 18.2. The molecule has 0 radical (unpaired) electrons. The van der Waals surface area contributed by atoms with Crippen LogP contribution in [0.25, 0.3) is 0 Å². The summed E-state index contributed by atoms with van der Waals surface area (Å²) in [5.41, 5.74) is 2.35. The van der Waals surface area contributed by atoms with Gasteiger partial charge in [-0.2, -0.15) is 5.10 Å². The number of carbonyl (C=O) groups excluding carboxylic acids is 1. The van der Waals surface area contributed by atoms with Crippen molar-refractivity contribution in [2.75, 3.05) is 24.6 Å². The summed E-state index contributed by atoms with van der Waals surface area (Å²) in [6.45, 7) is 1.69. The molecule has 26 heavy (non-hydrogen) atoms. The predicted molar refractivity (Wildman–Crippen MR) is 101 cm³/mol. The SMILES string of the molecule is O=C(COc1cccc(F)c1)N/N=C\c1sc(N2CCCCC2)nc1Cl. The Morgan fingerprint density at radius 2 is 2.23 bits per heavy atom. The van der Waals surface area contributed by atoms with E-state index in [1.165, 1.54) is 42.2 Å². The molecule has 9 heteroatoms. The van der Waals surface area contributed by atoms with Crippen LogP contribution in [0, 0.1) is 5.82 Å². The summed E-state index contributed by atoms with van der Waals surface area (Å²) in [6, 6.07) is 5.58. The number of nitrogens with one attached hydrogen (secondary N) is 1. The zero-order chi connectivity index (χ0) is 18.4. The zero-order valence-corrected chi connectivity index (χ0v) is 15.5. The first-order chi connectivity index (χ1) is 12.6. The number of benzene rings is 1. The van der Waals surface area contributed by atoms with E-state index in [-0.39, 0.29) is 12.4 Å². The number of anilines is 1. The third-order valence-corrected chi connectivity index (χ3v) is 5.21. The zero-order valence-electron chi connectivity index (χ0n) is 14.0. The first-order valence-corrected chi connectivity index (χ1v) is 9.43. The van der Waals surface area contributed by atoms with E-state index in [1.54, 1.807) is 6.07 Å². The molecule has 0 bridgehead atoms. The van der Waals surface area contributed by atoms with Crippen LogP contribution in [0.1, 0.15) is 24.1 Å². The van der Waals surface area contributed by atoms with Crippen LogP contribution in [-0.2, 0) is 4.79 Å². The van der Waals surface area contributed by atoms with Crippen molar-refractivity contribution in [2.45, 2.75) is 19.3 Å². The molecule has 138 valence electrons. The Bertz CT molecular complexity index is 793. The number of aromatic nitrogens is 1. The molecule has 1 saturated heterocycles. The molecule has 1 aliphatic rings. The fourth-order valence-electron chi connectivity index (χ4n) is 2.50. The van der Waals surface area contributed by atoms with Crippen LogP contribution < -0.4 is 15.1 Å². The smallest absolute Gasteiger partial charge is 0.277 e. The Morgan fingerprint density at radius 1 is 1.42 bits per heavy atom. The van der Waals surface area contributed by atoms with Gasteiger partial charge in [-0.3, -0.25) is 4.79 Å². The van der Waals surface area contributed by atoms with Gasteiger partial charge in [0.25, 0.3) is 5.91 Å². The van der Waals surface area contributed by atoms with Gasteiger partial charge in [-0.25, -0.2) is 14.8 Å². The molecule has 1 N–H and O–H groups in total. The molecule has 1 aromatic carbocycles. The fraction of sp³-hybridized carbons (Fsp3) is 0.353. The average Bonchev–Trinajstić information content (AvgIpc) is 3.02. The summed E-state index contributed by atoms with van der Waals surface area (Å²) >= 11 is 7.58. The van der Waals surface area contributed by atoms with Crippen LogP contribution in [-0.4, -0.2) is 36.8 Å². The quantitative estimate of drug-likeness (QED) is 0.599. The molecular formula is C17H18ClFN4O2S. The second-order valence-corrected chi connectivity index (χ2v) is 7.11. The molecule has 0 spiro atoms. The van der Waals surface area contributed by atoms with Crippen molar-refractivity contribution in [1.29, 1.82) is 0 Å². The molecular weight excluding hydrogens is 379 g/mol. The number of hydrogen-bond acceptors (Lipinski definition) is 6. The van der Waals surface area contributed by atoms with E-state index in [0.29, 0.717) is 10.0 Å². The van der Waals surface area contributed by atoms with Crippen LogP contribution >= 0.6 is 22.9 Å². The van der Waals surface area contributed by atoms with Gasteiger partial charge in [0, 0.05) is 19.2 Å². The number of halogens is 2. The van der Waals surface area contributed by atoms with E-state index in [4.69, 9.17) is 16.3 Å². The summed E-state index contributed by atoms with van der Waals surface area (Å²) in [4.78, 5) is 19.0. The molecule has 0 aliphatic carbocycles. The molecule has 1 aliphatic heterocycles. The van der Waals surface area contributed by atoms with Gasteiger partial charge in [-0.15, -0.1) is 0 Å². The van der Waals surface area contributed by atoms with Gasteiger partial charge < -0.3 is 9.64 Å². The van der Waals surface area contributed by atoms with Crippen molar-refractivity contribution in [1.82, 2.24) is 10.4 Å². The highest BCUT2D eigenvalue weighted by Gasteiger charge is 2.16. The van der Waals surface area contributed by atoms with Gasteiger partial charge in [0.15, 0.2) is 16.9 Å². The molecule has 3 rings (SSSR count). The maximum absolute atomic E-state index is 13.0. The number of hydrogen-bond donors (Lipinski definition) is 1. The van der Waals surface area contributed by atoms with E-state index in [9.17, 15) is 9.18 Å². The Morgan fingerprint density at radius 3 is 3.00 bits per heavy atom. The molecule has 1 amide bonds. The van der Waals surface area contributed by atoms with E-state index >= 15 is 0 Å². The van der Waals surface area contributed by atoms with Gasteiger partial charge in [-0.1, -0.05) is 29.0 Å². The minimum atomic E-state index is -0.456. The summed E-state index contributed by atoms with van der Waals surface area (Å²) in [5.74, 6) is -0.603. The van der Waals surface area contributed by atoms with Crippen molar-refractivity contribution in [3.05, 3.63) is 40.1 Å². The van der Waals surface area contributed by atoms with E-state index < -0.39 is 11.7 Å². The van der Waals surface area contributed by atoms with Crippen LogP contribution in [0.2, 0.25) is 5.15 Å². The Kier molecular flexibility index (Phi) is 6.40. The molecule has 0 atom stereocenters. The Labute approximate surface area is 159 Å². The second-order valence-electron chi connectivity index (χ2n) is 5.74. The first kappa shape index (κ1) is 18.6. The lowest BCUT2D eigenvalue weighted by Gasteiger charge is -2.25. The van der Waals surface area contributed by atoms with Crippen molar-refractivity contribution >= 4 is 40.2 Å². The van der Waals surface area contributed by atoms with Crippen LogP contribution in [0.15, 0.2) is 29.4 Å². The third kappa shape index (κ3) is 5.15. The largest absolute Gasteiger partial charge is 0.484 e. The number of nitrogens with zero attached hydrogens (tertiary/aromatic N) is 3. The van der Waals surface area contributed by atoms with Crippen molar-refractivity contribution in [3.8, 4) is 5.75 Å². The standard InChI is InChI=1S/C17H18ClFN4O2S/c18-16-14(26-17(21-16)23-7-2-1-3-8-23)10-20-22-15(24)11-25-13-6-4-5-12(19)9-13/h4-6,9-10H,1-3,7-8,11H2,(H,22,24)/b20-10-. The molecule has 6 nitrogen and oxygen atoms in total. The van der Waals surface area contributed by atoms with Gasteiger partial charge >= 0.3 is 0 Å². The molecule has 0 saturated carbocycles. The number of ether oxygens (including phenoxy) is 1. The predicted octanol–water partition coefficient (Wildman–Crippen LogP) is 3.46. The van der Waals surface area contributed by atoms with E-state index in [1.807, 2.05) is 0 Å². The maximum Gasteiger partial charge on any atom is 0.277 e. The Balaban J connectivity index is 1.50. The molecule has 1 fully saturated rings. The minimum Gasteiger partial charge on any atom is -0.484 e. The lowest BCUT2D eigenvalue weighted by Crippen LogP contribution is -2.29. The van der Waals surface area contributed by atoms with Gasteiger partial charge in [-0.05, 0) is 31.4 Å². The normalized spacial score (nSPS) is 14.6. The summed E-state index contributed by atoms with van der Waals surface area (Å²) in [5, 5.41) is 5.12. The van der Waals surface area contributed by atoms with Crippen molar-refractivity contribution < 1.29 is 13.9 Å². The molecule has 0 unspecified atom stereocenters. The number of rotatable bonds is 6. The highest BCUT2D eigenvalue weighted by Crippen LogP contribution is 2.30. The molecule has 2 heterocycles. The topological polar surface area (TPSA) is 66.8 Å². The van der Waals surface area contributed by atoms with Crippen molar-refractivity contribution in [3.63, 3.8) is 0 Å². The lowest BCUT2D eigenvalue weighted by atomic mass is 10.1. The Hall–Kier alpha value is -2.19. The van der Waals surface area contributed by atoms with Gasteiger partial charge in [0.1, 0.15) is 11.6 Å². The van der Waals surface area contributed by atoms with Crippen LogP contribution in [0.3, 0.4) is 0 Å². The van der Waals surface area contributed by atoms with Gasteiger partial charge in [0.05, 0.1) is 11.1 Å². The fourth-order valence-corrected chi connectivity index (χ4v) is 3.68. The number of thiazole rings is 1. The van der Waals surface area contributed by atoms with Crippen LogP contribution in [0.5, 0.6) is 5.75 Å². The van der Waals surface area contributed by atoms with E-state index in [2.05, 4.69) is 20.4 Å². The monoisotopic (exact) mass is 396 g/mol. The molecule has 1 aromatic heterocycles. The van der Waals surface area contributed by atoms with Gasteiger partial charge in [0.2, 0.25) is 0 Å². The third-order valence-electron chi connectivity index (χ3n) is 3.76. The first-order valence-electron chi connectivity index (χ1n) is 8.23. The van der Waals surface area contributed by atoms with Crippen LogP contribution in [0.4, 0.5) is 9.52 Å².